The van der Waals surface area contributed by atoms with E-state index in [1.165, 1.54) is 0 Å². The number of amides is 1. The van der Waals surface area contributed by atoms with Crippen LogP contribution in [-0.4, -0.2) is 17.0 Å². The van der Waals surface area contributed by atoms with Crippen molar-refractivity contribution in [1.82, 2.24) is 5.32 Å². The van der Waals surface area contributed by atoms with E-state index in [0.29, 0.717) is 6.42 Å². The Morgan fingerprint density at radius 1 is 1.05 bits per heavy atom. The Morgan fingerprint density at radius 2 is 1.73 bits per heavy atom. The molecule has 0 unspecified atom stereocenters. The van der Waals surface area contributed by atoms with Crippen LogP contribution in [0.5, 0.6) is 0 Å². The van der Waals surface area contributed by atoms with Crippen LogP contribution in [-0.2, 0) is 9.59 Å². The number of hydrogen-bond donors (Lipinski definition) is 2. The van der Waals surface area contributed by atoms with Crippen molar-refractivity contribution in [2.45, 2.75) is 32.7 Å². The van der Waals surface area contributed by atoms with Gasteiger partial charge in [-0.3, -0.25) is 9.59 Å². The van der Waals surface area contributed by atoms with E-state index in [1.54, 1.807) is 0 Å². The molecule has 22 heavy (non-hydrogen) atoms. The molecule has 0 heterocycles. The minimum absolute atomic E-state index is 0.116. The Hall–Kier alpha value is -2.36. The fourth-order valence-electron chi connectivity index (χ4n) is 2.59. The molecule has 0 fully saturated rings. The van der Waals surface area contributed by atoms with Gasteiger partial charge in [-0.05, 0) is 22.3 Å². The molecule has 0 aliphatic carbocycles. The number of nitrogens with one attached hydrogen (secondary N) is 1. The Morgan fingerprint density at radius 3 is 2.41 bits per heavy atom. The molecule has 0 spiro atoms. The Kier molecular flexibility index (Phi) is 5.15. The Balaban J connectivity index is 2.35. The number of hydrogen-bond acceptors (Lipinski definition) is 2. The predicted molar refractivity (Wildman–Crippen MR) is 86.5 cm³/mol. The topological polar surface area (TPSA) is 66.4 Å². The molecule has 2 aromatic rings. The van der Waals surface area contributed by atoms with Gasteiger partial charge in [0.15, 0.2) is 0 Å². The smallest absolute Gasteiger partial charge is 0.305 e. The van der Waals surface area contributed by atoms with E-state index in [0.717, 1.165) is 16.3 Å². The molecule has 0 radical (unpaired) electrons. The lowest BCUT2D eigenvalue weighted by Crippen LogP contribution is -2.31. The highest BCUT2D eigenvalue weighted by Crippen LogP contribution is 2.26. The van der Waals surface area contributed by atoms with Crippen molar-refractivity contribution in [3.8, 4) is 0 Å². The van der Waals surface area contributed by atoms with Crippen molar-refractivity contribution < 1.29 is 14.7 Å². The predicted octanol–water partition coefficient (Wildman–Crippen LogP) is 3.52. The fraction of sp³-hybridized carbons (Fsp3) is 0.333. The molecule has 0 aliphatic rings. The quantitative estimate of drug-likeness (QED) is 0.857. The van der Waals surface area contributed by atoms with Crippen LogP contribution in [0.1, 0.15) is 38.3 Å². The number of rotatable bonds is 6. The molecule has 2 N–H and O–H groups in total. The zero-order valence-electron chi connectivity index (χ0n) is 12.9. The van der Waals surface area contributed by atoms with Gasteiger partial charge in [0.05, 0.1) is 12.5 Å². The summed E-state index contributed by atoms with van der Waals surface area (Å²) >= 11 is 0. The SMILES string of the molecule is CC(C)CC(=O)N[C@H](CC(=O)O)c1cccc2ccccc12. The van der Waals surface area contributed by atoms with E-state index in [4.69, 9.17) is 5.11 Å². The van der Waals surface area contributed by atoms with E-state index >= 15 is 0 Å². The number of carboxylic acid groups (broad SMARTS) is 1. The monoisotopic (exact) mass is 299 g/mol. The van der Waals surface area contributed by atoms with Crippen LogP contribution in [0.3, 0.4) is 0 Å². The van der Waals surface area contributed by atoms with Crippen molar-refractivity contribution in [3.63, 3.8) is 0 Å². The summed E-state index contributed by atoms with van der Waals surface area (Å²) in [6.07, 6.45) is 0.263. The maximum Gasteiger partial charge on any atom is 0.305 e. The lowest BCUT2D eigenvalue weighted by atomic mass is 9.96. The highest BCUT2D eigenvalue weighted by atomic mass is 16.4. The van der Waals surface area contributed by atoms with Crippen molar-refractivity contribution in [3.05, 3.63) is 48.0 Å². The number of carbonyl (C=O) groups is 2. The van der Waals surface area contributed by atoms with Gasteiger partial charge >= 0.3 is 5.97 Å². The fourth-order valence-corrected chi connectivity index (χ4v) is 2.59. The number of carbonyl (C=O) groups excluding carboxylic acids is 1. The van der Waals surface area contributed by atoms with Crippen molar-refractivity contribution in [2.24, 2.45) is 5.92 Å². The average molecular weight is 299 g/mol. The van der Waals surface area contributed by atoms with Gasteiger partial charge < -0.3 is 10.4 Å². The van der Waals surface area contributed by atoms with Crippen LogP contribution in [0, 0.1) is 5.92 Å². The molecule has 116 valence electrons. The van der Waals surface area contributed by atoms with Crippen LogP contribution in [0.4, 0.5) is 0 Å². The van der Waals surface area contributed by atoms with E-state index in [1.807, 2.05) is 56.3 Å². The highest BCUT2D eigenvalue weighted by molar-refractivity contribution is 5.87. The van der Waals surface area contributed by atoms with Gasteiger partial charge in [0.1, 0.15) is 0 Å². The van der Waals surface area contributed by atoms with E-state index in [9.17, 15) is 9.59 Å². The standard InChI is InChI=1S/C18H21NO3/c1-12(2)10-17(20)19-16(11-18(21)22)15-9-5-7-13-6-3-4-8-14(13)15/h3-9,12,16H,10-11H2,1-2H3,(H,19,20)(H,21,22)/t16-/m1/s1. The zero-order valence-corrected chi connectivity index (χ0v) is 12.9. The second-order valence-electron chi connectivity index (χ2n) is 5.88. The van der Waals surface area contributed by atoms with E-state index < -0.39 is 12.0 Å². The molecule has 4 nitrogen and oxygen atoms in total. The molecule has 2 rings (SSSR count). The third-order valence-corrected chi connectivity index (χ3v) is 3.51. The summed E-state index contributed by atoms with van der Waals surface area (Å²) in [5, 5.41) is 14.0. The number of carboxylic acids is 1. The average Bonchev–Trinajstić information content (AvgIpc) is 2.44. The summed E-state index contributed by atoms with van der Waals surface area (Å²) in [6.45, 7) is 3.92. The zero-order chi connectivity index (χ0) is 16.1. The summed E-state index contributed by atoms with van der Waals surface area (Å²) < 4.78 is 0. The third kappa shape index (κ3) is 4.07. The van der Waals surface area contributed by atoms with Crippen LogP contribution < -0.4 is 5.32 Å². The first-order chi connectivity index (χ1) is 10.5. The summed E-state index contributed by atoms with van der Waals surface area (Å²) in [5.74, 6) is -0.810. The summed E-state index contributed by atoms with van der Waals surface area (Å²) in [5.41, 5.74) is 0.845. The number of benzene rings is 2. The van der Waals surface area contributed by atoms with Crippen molar-refractivity contribution >= 4 is 22.6 Å². The van der Waals surface area contributed by atoms with Gasteiger partial charge in [0, 0.05) is 6.42 Å². The maximum atomic E-state index is 12.1. The second-order valence-corrected chi connectivity index (χ2v) is 5.88. The van der Waals surface area contributed by atoms with Crippen molar-refractivity contribution in [2.75, 3.05) is 0 Å². The van der Waals surface area contributed by atoms with E-state index in [-0.39, 0.29) is 18.2 Å². The molecule has 2 aromatic carbocycles. The molecule has 4 heteroatoms. The van der Waals surface area contributed by atoms with Gasteiger partial charge in [-0.25, -0.2) is 0 Å². The van der Waals surface area contributed by atoms with Gasteiger partial charge in [0.2, 0.25) is 5.91 Å². The molecule has 0 bridgehead atoms. The first-order valence-corrected chi connectivity index (χ1v) is 7.46. The molecule has 1 amide bonds. The van der Waals surface area contributed by atoms with Crippen LogP contribution in [0.2, 0.25) is 0 Å². The minimum Gasteiger partial charge on any atom is -0.481 e. The first-order valence-electron chi connectivity index (χ1n) is 7.46. The van der Waals surface area contributed by atoms with Gasteiger partial charge in [-0.2, -0.15) is 0 Å². The van der Waals surface area contributed by atoms with Gasteiger partial charge in [-0.1, -0.05) is 56.3 Å². The minimum atomic E-state index is -0.928. The van der Waals surface area contributed by atoms with Gasteiger partial charge in [0.25, 0.3) is 0 Å². The molecule has 1 atom stereocenters. The molecule has 0 aromatic heterocycles. The second kappa shape index (κ2) is 7.07. The first kappa shape index (κ1) is 16.0. The van der Waals surface area contributed by atoms with Crippen molar-refractivity contribution in [1.29, 1.82) is 0 Å². The Bertz CT molecular complexity index is 674. The van der Waals surface area contributed by atoms with E-state index in [2.05, 4.69) is 5.32 Å². The molecular formula is C18H21NO3. The normalized spacial score (nSPS) is 12.3. The van der Waals surface area contributed by atoms with Gasteiger partial charge in [-0.15, -0.1) is 0 Å². The summed E-state index contributed by atoms with van der Waals surface area (Å²) in [6, 6.07) is 13.0. The molecule has 0 saturated heterocycles. The Labute approximate surface area is 130 Å². The maximum absolute atomic E-state index is 12.1. The largest absolute Gasteiger partial charge is 0.481 e. The third-order valence-electron chi connectivity index (χ3n) is 3.51. The lowest BCUT2D eigenvalue weighted by Gasteiger charge is -2.20. The molecule has 0 aliphatic heterocycles. The summed E-state index contributed by atoms with van der Waals surface area (Å²) in [4.78, 5) is 23.2. The lowest BCUT2D eigenvalue weighted by molar-refractivity contribution is -0.137. The molecular weight excluding hydrogens is 278 g/mol. The van der Waals surface area contributed by atoms with Crippen LogP contribution >= 0.6 is 0 Å². The van der Waals surface area contributed by atoms with Crippen LogP contribution in [0.25, 0.3) is 10.8 Å². The van der Waals surface area contributed by atoms with Crippen LogP contribution in [0.15, 0.2) is 42.5 Å². The highest BCUT2D eigenvalue weighted by Gasteiger charge is 2.20. The number of fused-ring (bicyclic) bond motifs is 1. The molecule has 0 saturated carbocycles. The summed E-state index contributed by atoms with van der Waals surface area (Å²) in [7, 11) is 0. The number of aliphatic carboxylic acids is 1.